The van der Waals surface area contributed by atoms with Crippen LogP contribution in [0.15, 0.2) is 23.1 Å². The quantitative estimate of drug-likeness (QED) is 0.810. The van der Waals surface area contributed by atoms with Crippen molar-refractivity contribution in [1.29, 1.82) is 0 Å². The van der Waals surface area contributed by atoms with Crippen LogP contribution >= 0.6 is 0 Å². The predicted octanol–water partition coefficient (Wildman–Crippen LogP) is 1.19. The number of carbonyl (C=O) groups is 1. The van der Waals surface area contributed by atoms with Crippen molar-refractivity contribution in [3.8, 4) is 5.75 Å². The van der Waals surface area contributed by atoms with Crippen LogP contribution in [0.4, 0.5) is 0 Å². The molecule has 0 radical (unpaired) electrons. The summed E-state index contributed by atoms with van der Waals surface area (Å²) in [5.74, 6) is -0.00109. The van der Waals surface area contributed by atoms with Crippen LogP contribution in [0.1, 0.15) is 24.2 Å². The molecule has 1 aliphatic rings. The zero-order chi connectivity index (χ0) is 18.1. The highest BCUT2D eigenvalue weighted by atomic mass is 32.2. The molecule has 0 aromatic heterocycles. The highest BCUT2D eigenvalue weighted by Crippen LogP contribution is 2.27. The first-order valence-electron chi connectivity index (χ1n) is 7.72. The molecule has 0 spiro atoms. The maximum Gasteiger partial charge on any atom is 0.254 e. The Balaban J connectivity index is 2.40. The minimum absolute atomic E-state index is 0.0183. The molecule has 134 valence electrons. The highest BCUT2D eigenvalue weighted by Gasteiger charge is 2.29. The SMILES string of the molecule is COc1ccc(C(=O)N2CC(C)OC(C)C2)cc1S(=O)(=O)N(C)C. The van der Waals surface area contributed by atoms with E-state index in [1.54, 1.807) is 11.0 Å². The Kier molecular flexibility index (Phi) is 5.52. The second-order valence-corrected chi connectivity index (χ2v) is 8.24. The average molecular weight is 356 g/mol. The van der Waals surface area contributed by atoms with E-state index in [1.807, 2.05) is 13.8 Å². The van der Waals surface area contributed by atoms with Gasteiger partial charge in [-0.25, -0.2) is 12.7 Å². The van der Waals surface area contributed by atoms with Crippen LogP contribution in [0.25, 0.3) is 0 Å². The Labute approximate surface area is 143 Å². The fraction of sp³-hybridized carbons (Fsp3) is 0.562. The van der Waals surface area contributed by atoms with Gasteiger partial charge in [0, 0.05) is 32.7 Å². The molecule has 24 heavy (non-hydrogen) atoms. The summed E-state index contributed by atoms with van der Waals surface area (Å²) in [4.78, 5) is 14.4. The third-order valence-electron chi connectivity index (χ3n) is 3.88. The first kappa shape index (κ1) is 18.7. The number of methoxy groups -OCH3 is 1. The molecule has 0 aliphatic carbocycles. The lowest BCUT2D eigenvalue weighted by Gasteiger charge is -2.35. The first-order valence-corrected chi connectivity index (χ1v) is 9.16. The van der Waals surface area contributed by atoms with Crippen LogP contribution in [0.2, 0.25) is 0 Å². The molecule has 1 fully saturated rings. The molecule has 2 atom stereocenters. The van der Waals surface area contributed by atoms with Crippen molar-refractivity contribution in [2.45, 2.75) is 31.0 Å². The molecule has 1 saturated heterocycles. The van der Waals surface area contributed by atoms with Crippen LogP contribution in [0.3, 0.4) is 0 Å². The van der Waals surface area contributed by atoms with E-state index in [4.69, 9.17) is 9.47 Å². The molecule has 1 amide bonds. The van der Waals surface area contributed by atoms with E-state index in [2.05, 4.69) is 0 Å². The minimum atomic E-state index is -3.72. The predicted molar refractivity (Wildman–Crippen MR) is 89.8 cm³/mol. The van der Waals surface area contributed by atoms with Gasteiger partial charge in [-0.3, -0.25) is 4.79 Å². The summed E-state index contributed by atoms with van der Waals surface area (Å²) in [6, 6.07) is 4.47. The molecule has 1 aromatic rings. The Morgan fingerprint density at radius 2 is 1.83 bits per heavy atom. The van der Waals surface area contributed by atoms with Gasteiger partial charge in [0.1, 0.15) is 10.6 Å². The summed E-state index contributed by atoms with van der Waals surface area (Å²) in [5.41, 5.74) is 0.317. The van der Waals surface area contributed by atoms with Crippen molar-refractivity contribution in [3.05, 3.63) is 23.8 Å². The van der Waals surface area contributed by atoms with Crippen LogP contribution in [0, 0.1) is 0 Å². The molecular weight excluding hydrogens is 332 g/mol. The van der Waals surface area contributed by atoms with Gasteiger partial charge < -0.3 is 14.4 Å². The van der Waals surface area contributed by atoms with E-state index in [0.29, 0.717) is 18.7 Å². The number of hydrogen-bond donors (Lipinski definition) is 0. The van der Waals surface area contributed by atoms with Crippen molar-refractivity contribution in [3.63, 3.8) is 0 Å². The van der Waals surface area contributed by atoms with E-state index < -0.39 is 10.0 Å². The molecule has 1 aliphatic heterocycles. The van der Waals surface area contributed by atoms with Gasteiger partial charge in [0.25, 0.3) is 5.91 Å². The smallest absolute Gasteiger partial charge is 0.254 e. The Hall–Kier alpha value is -1.64. The van der Waals surface area contributed by atoms with E-state index in [0.717, 1.165) is 4.31 Å². The maximum atomic E-state index is 12.8. The molecule has 7 nitrogen and oxygen atoms in total. The fourth-order valence-electron chi connectivity index (χ4n) is 2.73. The van der Waals surface area contributed by atoms with E-state index in [-0.39, 0.29) is 28.8 Å². The standard InChI is InChI=1S/C16H24N2O5S/c1-11-9-18(10-12(2)23-11)16(19)13-6-7-14(22-5)15(8-13)24(20,21)17(3)4/h6-8,11-12H,9-10H2,1-5H3. The van der Waals surface area contributed by atoms with Crippen LogP contribution in [-0.2, 0) is 14.8 Å². The fourth-order valence-corrected chi connectivity index (χ4v) is 3.81. The average Bonchev–Trinajstić information content (AvgIpc) is 2.52. The van der Waals surface area contributed by atoms with Crippen LogP contribution in [0.5, 0.6) is 5.75 Å². The summed E-state index contributed by atoms with van der Waals surface area (Å²) in [5, 5.41) is 0. The molecule has 8 heteroatoms. The van der Waals surface area contributed by atoms with Gasteiger partial charge >= 0.3 is 0 Å². The Morgan fingerprint density at radius 1 is 1.25 bits per heavy atom. The van der Waals surface area contributed by atoms with Gasteiger partial charge in [0.2, 0.25) is 10.0 Å². The van der Waals surface area contributed by atoms with Gasteiger partial charge in [0.05, 0.1) is 19.3 Å². The van der Waals surface area contributed by atoms with Crippen molar-refractivity contribution in [2.75, 3.05) is 34.3 Å². The number of carbonyl (C=O) groups excluding carboxylic acids is 1. The Morgan fingerprint density at radius 3 is 2.33 bits per heavy atom. The molecule has 0 saturated carbocycles. The Bertz CT molecular complexity index is 707. The molecule has 2 unspecified atom stereocenters. The number of morpholine rings is 1. The third kappa shape index (κ3) is 3.71. The summed E-state index contributed by atoms with van der Waals surface area (Å²) >= 11 is 0. The van der Waals surface area contributed by atoms with Gasteiger partial charge in [-0.2, -0.15) is 0 Å². The molecule has 0 N–H and O–H groups in total. The topological polar surface area (TPSA) is 76.1 Å². The zero-order valence-electron chi connectivity index (χ0n) is 14.6. The van der Waals surface area contributed by atoms with Crippen LogP contribution < -0.4 is 4.74 Å². The number of rotatable bonds is 4. The number of hydrogen-bond acceptors (Lipinski definition) is 5. The third-order valence-corrected chi connectivity index (χ3v) is 5.71. The number of benzene rings is 1. The van der Waals surface area contributed by atoms with Crippen molar-refractivity contribution < 1.29 is 22.7 Å². The van der Waals surface area contributed by atoms with Gasteiger partial charge in [0.15, 0.2) is 0 Å². The minimum Gasteiger partial charge on any atom is -0.495 e. The number of nitrogens with zero attached hydrogens (tertiary/aromatic N) is 2. The normalized spacial score (nSPS) is 21.8. The highest BCUT2D eigenvalue weighted by molar-refractivity contribution is 7.89. The van der Waals surface area contributed by atoms with E-state index in [9.17, 15) is 13.2 Å². The van der Waals surface area contributed by atoms with Gasteiger partial charge in [-0.15, -0.1) is 0 Å². The zero-order valence-corrected chi connectivity index (χ0v) is 15.5. The summed E-state index contributed by atoms with van der Waals surface area (Å²) < 4.78 is 36.8. The first-order chi connectivity index (χ1) is 11.2. The maximum absolute atomic E-state index is 12.8. The lowest BCUT2D eigenvalue weighted by Crippen LogP contribution is -2.48. The molecule has 1 aromatic carbocycles. The number of amides is 1. The summed E-state index contributed by atoms with van der Waals surface area (Å²) in [7, 11) is 0.563. The molecule has 1 heterocycles. The van der Waals surface area contributed by atoms with Crippen molar-refractivity contribution in [1.82, 2.24) is 9.21 Å². The number of sulfonamides is 1. The van der Waals surface area contributed by atoms with Gasteiger partial charge in [-0.05, 0) is 32.0 Å². The summed E-state index contributed by atoms with van der Waals surface area (Å²) in [6.07, 6.45) is -0.109. The lowest BCUT2D eigenvalue weighted by molar-refractivity contribution is -0.0586. The van der Waals surface area contributed by atoms with E-state index in [1.165, 1.54) is 33.3 Å². The number of ether oxygens (including phenoxy) is 2. The monoisotopic (exact) mass is 356 g/mol. The molecule has 2 rings (SSSR count). The second kappa shape index (κ2) is 7.08. The lowest BCUT2D eigenvalue weighted by atomic mass is 10.1. The molecule has 0 bridgehead atoms. The van der Waals surface area contributed by atoms with Crippen molar-refractivity contribution in [2.24, 2.45) is 0 Å². The van der Waals surface area contributed by atoms with E-state index >= 15 is 0 Å². The summed E-state index contributed by atoms with van der Waals surface area (Å²) in [6.45, 7) is 4.77. The van der Waals surface area contributed by atoms with Gasteiger partial charge in [-0.1, -0.05) is 0 Å². The van der Waals surface area contributed by atoms with Crippen molar-refractivity contribution >= 4 is 15.9 Å². The second-order valence-electron chi connectivity index (χ2n) is 6.12. The largest absolute Gasteiger partial charge is 0.495 e. The van der Waals surface area contributed by atoms with Crippen LogP contribution in [-0.4, -0.2) is 70.0 Å². The molecular formula is C16H24N2O5S.